The summed E-state index contributed by atoms with van der Waals surface area (Å²) in [6.45, 7) is 6.76. The van der Waals surface area contributed by atoms with E-state index in [9.17, 15) is 0 Å². The summed E-state index contributed by atoms with van der Waals surface area (Å²) >= 11 is 0. The molecule has 1 heterocycles. The molecule has 1 nitrogen and oxygen atoms in total. The maximum absolute atomic E-state index is 5.32. The molecule has 0 saturated heterocycles. The van der Waals surface area contributed by atoms with Crippen molar-refractivity contribution in [1.29, 1.82) is 0 Å². The van der Waals surface area contributed by atoms with E-state index in [0.717, 1.165) is 6.42 Å². The zero-order valence-corrected chi connectivity index (χ0v) is 18.0. The van der Waals surface area contributed by atoms with Crippen molar-refractivity contribution in [2.45, 2.75) is 51.9 Å². The minimum absolute atomic E-state index is 0.512. The van der Waals surface area contributed by atoms with Crippen molar-refractivity contribution in [3.05, 3.63) is 88.6 Å². The molecule has 0 atom stereocenters. The van der Waals surface area contributed by atoms with Gasteiger partial charge in [0.25, 0.3) is 0 Å². The third-order valence-electron chi connectivity index (χ3n) is 6.86. The van der Waals surface area contributed by atoms with Gasteiger partial charge in [-0.3, -0.25) is 4.98 Å². The normalized spacial score (nSPS) is 14.9. The van der Waals surface area contributed by atoms with Crippen molar-refractivity contribution < 1.29 is 0 Å². The van der Waals surface area contributed by atoms with Gasteiger partial charge in [-0.05, 0) is 89.1 Å². The summed E-state index contributed by atoms with van der Waals surface area (Å²) in [7, 11) is 0. The molecule has 2 aliphatic rings. The third-order valence-corrected chi connectivity index (χ3v) is 6.86. The average molecular weight is 390 g/mol. The maximum atomic E-state index is 5.32. The maximum Gasteiger partial charge on any atom is 0.0787 e. The first kappa shape index (κ1) is 17.9. The molecule has 148 valence electrons. The Morgan fingerprint density at radius 1 is 0.867 bits per heavy atom. The van der Waals surface area contributed by atoms with Gasteiger partial charge in [-0.25, -0.2) is 0 Å². The number of pyridine rings is 1. The summed E-state index contributed by atoms with van der Waals surface area (Å²) in [5.74, 6) is 1.16. The van der Waals surface area contributed by atoms with Crippen LogP contribution in [0, 0.1) is 6.92 Å². The molecule has 0 amide bonds. The van der Waals surface area contributed by atoms with E-state index in [1.165, 1.54) is 73.9 Å². The Hall–Kier alpha value is -2.93. The van der Waals surface area contributed by atoms with Crippen molar-refractivity contribution in [3.63, 3.8) is 0 Å². The van der Waals surface area contributed by atoms with Crippen molar-refractivity contribution in [2.24, 2.45) is 0 Å². The number of fused-ring (bicyclic) bond motifs is 4. The van der Waals surface area contributed by atoms with Gasteiger partial charge in [0.05, 0.1) is 5.69 Å². The van der Waals surface area contributed by atoms with Crippen LogP contribution in [0.15, 0.2) is 60.7 Å². The first-order valence-corrected chi connectivity index (χ1v) is 11.3. The predicted octanol–water partition coefficient (Wildman–Crippen LogP) is 7.78. The molecule has 1 fully saturated rings. The average Bonchev–Trinajstić information content (AvgIpc) is 3.53. The van der Waals surface area contributed by atoms with E-state index in [2.05, 4.69) is 81.4 Å². The fourth-order valence-electron chi connectivity index (χ4n) is 5.02. The van der Waals surface area contributed by atoms with Crippen LogP contribution in [-0.2, 0) is 6.42 Å². The Bertz CT molecular complexity index is 1310. The van der Waals surface area contributed by atoms with Gasteiger partial charge in [-0.2, -0.15) is 0 Å². The highest BCUT2D eigenvalue weighted by Gasteiger charge is 2.28. The number of rotatable bonds is 3. The highest BCUT2D eigenvalue weighted by atomic mass is 14.7. The standard InChI is InChI=1S/C29H27N/c1-17(2)20-10-11-22-16-28(19-8-9-19)30-29(24(22)14-20)27-13-18(3)12-25-23-7-5-4-6-21(23)15-26(25)27/h4-7,10-14,16-17,19H,8-9,15H2,1-3H3. The van der Waals surface area contributed by atoms with Gasteiger partial charge in [0.1, 0.15) is 0 Å². The number of aromatic nitrogens is 1. The molecular weight excluding hydrogens is 362 g/mol. The highest BCUT2D eigenvalue weighted by Crippen LogP contribution is 2.46. The van der Waals surface area contributed by atoms with Crippen LogP contribution in [0.1, 0.15) is 66.5 Å². The Kier molecular flexibility index (Phi) is 3.90. The van der Waals surface area contributed by atoms with Crippen LogP contribution in [0.25, 0.3) is 33.2 Å². The molecular formula is C29H27N. The van der Waals surface area contributed by atoms with Crippen LogP contribution in [0.5, 0.6) is 0 Å². The molecule has 0 aliphatic heterocycles. The van der Waals surface area contributed by atoms with Gasteiger partial charge < -0.3 is 0 Å². The fraction of sp³-hybridized carbons (Fsp3) is 0.276. The van der Waals surface area contributed by atoms with Gasteiger partial charge in [-0.1, -0.05) is 56.3 Å². The Morgan fingerprint density at radius 3 is 2.47 bits per heavy atom. The monoisotopic (exact) mass is 389 g/mol. The number of aryl methyl sites for hydroxylation is 1. The van der Waals surface area contributed by atoms with E-state index in [1.807, 2.05) is 0 Å². The lowest BCUT2D eigenvalue weighted by atomic mass is 9.91. The molecule has 4 aromatic rings. The van der Waals surface area contributed by atoms with E-state index in [-0.39, 0.29) is 0 Å². The van der Waals surface area contributed by atoms with E-state index in [1.54, 1.807) is 0 Å². The first-order chi connectivity index (χ1) is 14.6. The molecule has 6 rings (SSSR count). The van der Waals surface area contributed by atoms with Crippen LogP contribution in [0.3, 0.4) is 0 Å². The molecule has 1 aromatic heterocycles. The largest absolute Gasteiger partial charge is 0.252 e. The van der Waals surface area contributed by atoms with E-state index < -0.39 is 0 Å². The van der Waals surface area contributed by atoms with Gasteiger partial charge in [-0.15, -0.1) is 0 Å². The van der Waals surface area contributed by atoms with Gasteiger partial charge in [0.2, 0.25) is 0 Å². The number of hydrogen-bond acceptors (Lipinski definition) is 1. The van der Waals surface area contributed by atoms with Crippen LogP contribution in [0.2, 0.25) is 0 Å². The van der Waals surface area contributed by atoms with E-state index in [0.29, 0.717) is 11.8 Å². The molecule has 0 spiro atoms. The molecule has 0 radical (unpaired) electrons. The minimum Gasteiger partial charge on any atom is -0.252 e. The second kappa shape index (κ2) is 6.54. The van der Waals surface area contributed by atoms with Crippen molar-refractivity contribution >= 4 is 10.8 Å². The van der Waals surface area contributed by atoms with Gasteiger partial charge >= 0.3 is 0 Å². The lowest BCUT2D eigenvalue weighted by molar-refractivity contribution is 0.868. The fourth-order valence-corrected chi connectivity index (χ4v) is 5.02. The zero-order valence-electron chi connectivity index (χ0n) is 18.0. The van der Waals surface area contributed by atoms with Crippen LogP contribution in [0.4, 0.5) is 0 Å². The topological polar surface area (TPSA) is 12.9 Å². The molecule has 3 aromatic carbocycles. The summed E-state index contributed by atoms with van der Waals surface area (Å²) in [4.78, 5) is 5.32. The van der Waals surface area contributed by atoms with E-state index >= 15 is 0 Å². The molecule has 0 bridgehead atoms. The summed E-state index contributed by atoms with van der Waals surface area (Å²) in [5, 5.41) is 2.63. The van der Waals surface area contributed by atoms with Gasteiger partial charge in [0, 0.05) is 22.6 Å². The lowest BCUT2D eigenvalue weighted by Gasteiger charge is -2.16. The van der Waals surface area contributed by atoms with Crippen LogP contribution >= 0.6 is 0 Å². The van der Waals surface area contributed by atoms with Crippen LogP contribution < -0.4 is 0 Å². The summed E-state index contributed by atoms with van der Waals surface area (Å²) in [6.07, 6.45) is 3.56. The Morgan fingerprint density at radius 2 is 1.67 bits per heavy atom. The number of hydrogen-bond donors (Lipinski definition) is 0. The van der Waals surface area contributed by atoms with Gasteiger partial charge in [0.15, 0.2) is 0 Å². The van der Waals surface area contributed by atoms with Crippen molar-refractivity contribution in [3.8, 4) is 22.4 Å². The van der Waals surface area contributed by atoms with E-state index in [4.69, 9.17) is 4.98 Å². The van der Waals surface area contributed by atoms with Crippen LogP contribution in [-0.4, -0.2) is 4.98 Å². The third kappa shape index (κ3) is 2.80. The second-order valence-electron chi connectivity index (χ2n) is 9.48. The molecule has 30 heavy (non-hydrogen) atoms. The quantitative estimate of drug-likeness (QED) is 0.307. The summed E-state index contributed by atoms with van der Waals surface area (Å²) in [5.41, 5.74) is 12.2. The molecule has 2 aliphatic carbocycles. The predicted molar refractivity (Wildman–Crippen MR) is 126 cm³/mol. The number of nitrogens with zero attached hydrogens (tertiary/aromatic N) is 1. The Labute approximate surface area is 178 Å². The highest BCUT2D eigenvalue weighted by molar-refractivity contribution is 5.98. The zero-order chi connectivity index (χ0) is 20.4. The van der Waals surface area contributed by atoms with Crippen molar-refractivity contribution in [1.82, 2.24) is 4.98 Å². The molecule has 1 heteroatoms. The molecule has 0 unspecified atom stereocenters. The second-order valence-corrected chi connectivity index (χ2v) is 9.48. The SMILES string of the molecule is Cc1cc2c(c(-c3nc(C4CC4)cc4ccc(C(C)C)cc34)c1)Cc1ccccc1-2. The van der Waals surface area contributed by atoms with Crippen molar-refractivity contribution in [2.75, 3.05) is 0 Å². The smallest absolute Gasteiger partial charge is 0.0787 e. The molecule has 1 saturated carbocycles. The summed E-state index contributed by atoms with van der Waals surface area (Å²) < 4.78 is 0. The lowest BCUT2D eigenvalue weighted by Crippen LogP contribution is -1.98. The summed E-state index contributed by atoms with van der Waals surface area (Å²) in [6, 6.07) is 22.9. The molecule has 0 N–H and O–H groups in total. The Balaban J connectivity index is 1.65. The first-order valence-electron chi connectivity index (χ1n) is 11.3. The minimum atomic E-state index is 0.512. The number of benzene rings is 3.